The number of unbranched alkanes of at least 4 members (excludes halogenated alkanes) is 12. The molecule has 0 aliphatic rings. The number of hydrogen-bond acceptors (Lipinski definition) is 3. The zero-order valence-corrected chi connectivity index (χ0v) is 16.1. The van der Waals surface area contributed by atoms with Gasteiger partial charge in [-0.2, -0.15) is 0 Å². The van der Waals surface area contributed by atoms with Crippen LogP contribution in [-0.4, -0.2) is 22.6 Å². The fourth-order valence-corrected chi connectivity index (χ4v) is 4.34. The second-order valence-corrected chi connectivity index (χ2v) is 8.84. The molecule has 0 fully saturated rings. The summed E-state index contributed by atoms with van der Waals surface area (Å²) in [5, 5.41) is 8.54. The van der Waals surface area contributed by atoms with Crippen molar-refractivity contribution in [2.24, 2.45) is 0 Å². The first-order valence-corrected chi connectivity index (χ1v) is 11.7. The molecule has 0 atom stereocenters. The Labute approximate surface area is 146 Å². The number of rotatable bonds is 18. The lowest BCUT2D eigenvalue weighted by molar-refractivity contribution is -0.137. The van der Waals surface area contributed by atoms with Gasteiger partial charge in [0.05, 0.1) is 0 Å². The highest BCUT2D eigenvalue weighted by molar-refractivity contribution is 8.76. The molecule has 0 aromatic heterocycles. The van der Waals surface area contributed by atoms with Crippen LogP contribution in [-0.2, 0) is 4.79 Å². The Bertz CT molecular complexity index is 235. The van der Waals surface area contributed by atoms with Gasteiger partial charge in [0.25, 0.3) is 0 Å². The van der Waals surface area contributed by atoms with E-state index in [2.05, 4.69) is 6.92 Å². The summed E-state index contributed by atoms with van der Waals surface area (Å²) in [6, 6.07) is 0. The lowest BCUT2D eigenvalue weighted by atomic mass is 10.0. The van der Waals surface area contributed by atoms with Gasteiger partial charge in [0, 0.05) is 17.9 Å². The molecule has 0 bridgehead atoms. The summed E-state index contributed by atoms with van der Waals surface area (Å²) in [6.45, 7) is 2.22. The van der Waals surface area contributed by atoms with Crippen molar-refractivity contribution in [1.29, 1.82) is 0 Å². The van der Waals surface area contributed by atoms with Crippen LogP contribution in [0.15, 0.2) is 0 Å². The Kier molecular flexibility index (Phi) is 19.4. The predicted octanol–water partition coefficient (Wildman–Crippen LogP) is 6.93. The van der Waals surface area contributed by atoms with Gasteiger partial charge in [-0.25, -0.2) is 0 Å². The fourth-order valence-electron chi connectivity index (χ4n) is 2.52. The number of hydrogen-bond donors (Lipinski definition) is 1. The van der Waals surface area contributed by atoms with Crippen LogP contribution in [0.25, 0.3) is 0 Å². The molecule has 4 heteroatoms. The molecule has 0 heterocycles. The van der Waals surface area contributed by atoms with Crippen molar-refractivity contribution in [3.8, 4) is 0 Å². The summed E-state index contributed by atoms with van der Waals surface area (Å²) in [4.78, 5) is 10.4. The normalized spacial score (nSPS) is 11.0. The molecule has 0 radical (unpaired) electrons. The lowest BCUT2D eigenvalue weighted by Crippen LogP contribution is -1.93. The quantitative estimate of drug-likeness (QED) is 0.215. The topological polar surface area (TPSA) is 37.3 Å². The van der Waals surface area contributed by atoms with E-state index < -0.39 is 5.97 Å². The summed E-state index contributed by atoms with van der Waals surface area (Å²) < 4.78 is 0. The summed E-state index contributed by atoms with van der Waals surface area (Å²) >= 11 is 0. The number of aliphatic carboxylic acids is 1. The minimum atomic E-state index is -0.654. The second kappa shape index (κ2) is 19.2. The van der Waals surface area contributed by atoms with Gasteiger partial charge >= 0.3 is 5.97 Å². The molecular weight excluding hydrogens is 312 g/mol. The van der Waals surface area contributed by atoms with E-state index in [9.17, 15) is 4.79 Å². The first-order chi connectivity index (χ1) is 10.8. The van der Waals surface area contributed by atoms with E-state index in [1.807, 2.05) is 21.6 Å². The van der Waals surface area contributed by atoms with Crippen LogP contribution in [0.4, 0.5) is 0 Å². The maximum atomic E-state index is 10.4. The van der Waals surface area contributed by atoms with Crippen LogP contribution in [0.5, 0.6) is 0 Å². The van der Waals surface area contributed by atoms with Crippen molar-refractivity contribution in [2.45, 2.75) is 96.8 Å². The third kappa shape index (κ3) is 20.2. The van der Waals surface area contributed by atoms with E-state index in [0.29, 0.717) is 6.42 Å². The van der Waals surface area contributed by atoms with Gasteiger partial charge in [-0.3, -0.25) is 4.79 Å². The van der Waals surface area contributed by atoms with Crippen molar-refractivity contribution in [2.75, 3.05) is 11.5 Å². The zero-order valence-electron chi connectivity index (χ0n) is 14.5. The average molecular weight is 349 g/mol. The number of carboxylic acids is 1. The van der Waals surface area contributed by atoms with Gasteiger partial charge in [-0.05, 0) is 12.8 Å². The maximum Gasteiger partial charge on any atom is 0.303 e. The molecule has 0 spiro atoms. The first kappa shape index (κ1) is 22.2. The van der Waals surface area contributed by atoms with Crippen LogP contribution >= 0.6 is 21.6 Å². The molecule has 2 nitrogen and oxygen atoms in total. The molecule has 0 aromatic rings. The van der Waals surface area contributed by atoms with Crippen LogP contribution in [0.1, 0.15) is 96.8 Å². The van der Waals surface area contributed by atoms with Crippen LogP contribution in [0.3, 0.4) is 0 Å². The Hall–Kier alpha value is 0.170. The standard InChI is InChI=1S/C18H36O2S2/c1-2-21-22-17-15-13-11-9-7-5-3-4-6-8-10-12-14-16-18(19)20/h2-17H2,1H3,(H,19,20). The molecule has 1 N–H and O–H groups in total. The molecule has 0 rings (SSSR count). The molecule has 0 unspecified atom stereocenters. The molecule has 0 aliphatic carbocycles. The summed E-state index contributed by atoms with van der Waals surface area (Å²) in [7, 11) is 4.01. The third-order valence-corrected chi connectivity index (χ3v) is 6.38. The van der Waals surface area contributed by atoms with Crippen LogP contribution in [0, 0.1) is 0 Å². The Morgan fingerprint density at radius 2 is 1.09 bits per heavy atom. The van der Waals surface area contributed by atoms with Crippen molar-refractivity contribution in [3.05, 3.63) is 0 Å². The smallest absolute Gasteiger partial charge is 0.303 e. The van der Waals surface area contributed by atoms with Crippen molar-refractivity contribution < 1.29 is 9.90 Å². The predicted molar refractivity (Wildman–Crippen MR) is 103 cm³/mol. The van der Waals surface area contributed by atoms with Gasteiger partial charge in [-0.1, -0.05) is 99.1 Å². The minimum absolute atomic E-state index is 0.343. The molecule has 22 heavy (non-hydrogen) atoms. The first-order valence-electron chi connectivity index (χ1n) is 9.23. The molecule has 132 valence electrons. The highest BCUT2D eigenvalue weighted by Gasteiger charge is 1.97. The van der Waals surface area contributed by atoms with E-state index in [1.54, 1.807) is 0 Å². The van der Waals surface area contributed by atoms with Crippen molar-refractivity contribution in [3.63, 3.8) is 0 Å². The Morgan fingerprint density at radius 1 is 0.682 bits per heavy atom. The summed E-state index contributed by atoms with van der Waals surface area (Å²) in [5.41, 5.74) is 0. The van der Waals surface area contributed by atoms with E-state index in [4.69, 9.17) is 5.11 Å². The molecule has 0 aromatic carbocycles. The van der Waals surface area contributed by atoms with E-state index in [-0.39, 0.29) is 0 Å². The van der Waals surface area contributed by atoms with Gasteiger partial charge in [0.2, 0.25) is 0 Å². The average Bonchev–Trinajstić information content (AvgIpc) is 2.50. The van der Waals surface area contributed by atoms with Gasteiger partial charge < -0.3 is 5.11 Å². The molecular formula is C18H36O2S2. The molecule has 0 saturated carbocycles. The summed E-state index contributed by atoms with van der Waals surface area (Å²) in [6.07, 6.45) is 17.3. The molecule has 0 saturated heterocycles. The third-order valence-electron chi connectivity index (χ3n) is 3.82. The Balaban J connectivity index is 2.95. The van der Waals surface area contributed by atoms with Crippen molar-refractivity contribution in [1.82, 2.24) is 0 Å². The number of carboxylic acid groups (broad SMARTS) is 1. The summed E-state index contributed by atoms with van der Waals surface area (Å²) in [5.74, 6) is 1.90. The van der Waals surface area contributed by atoms with Crippen LogP contribution < -0.4 is 0 Å². The van der Waals surface area contributed by atoms with Crippen molar-refractivity contribution >= 4 is 27.6 Å². The highest BCUT2D eigenvalue weighted by atomic mass is 33.1. The van der Waals surface area contributed by atoms with Crippen LogP contribution in [0.2, 0.25) is 0 Å². The number of carbonyl (C=O) groups is 1. The largest absolute Gasteiger partial charge is 0.481 e. The van der Waals surface area contributed by atoms with E-state index >= 15 is 0 Å². The highest BCUT2D eigenvalue weighted by Crippen LogP contribution is 2.22. The lowest BCUT2D eigenvalue weighted by Gasteiger charge is -2.03. The second-order valence-electron chi connectivity index (χ2n) is 5.97. The maximum absolute atomic E-state index is 10.4. The fraction of sp³-hybridized carbons (Fsp3) is 0.944. The Morgan fingerprint density at radius 3 is 1.50 bits per heavy atom. The van der Waals surface area contributed by atoms with Gasteiger partial charge in [0.15, 0.2) is 0 Å². The monoisotopic (exact) mass is 348 g/mol. The van der Waals surface area contributed by atoms with E-state index in [1.165, 1.54) is 82.1 Å². The van der Waals surface area contributed by atoms with E-state index in [0.717, 1.165) is 12.8 Å². The minimum Gasteiger partial charge on any atom is -0.481 e. The SMILES string of the molecule is CCSSCCCCCCCCCCCCCCCC(=O)O. The molecule has 0 aliphatic heterocycles. The van der Waals surface area contributed by atoms with Gasteiger partial charge in [-0.15, -0.1) is 0 Å². The zero-order chi connectivity index (χ0) is 16.3. The molecule has 0 amide bonds. The van der Waals surface area contributed by atoms with Gasteiger partial charge in [0.1, 0.15) is 0 Å².